The van der Waals surface area contributed by atoms with Gasteiger partial charge in [-0.2, -0.15) is 0 Å². The van der Waals surface area contributed by atoms with Gasteiger partial charge in [-0.25, -0.2) is 0 Å². The maximum atomic E-state index is 12.2. The molecule has 6 nitrogen and oxygen atoms in total. The van der Waals surface area contributed by atoms with Gasteiger partial charge in [0, 0.05) is 0 Å². The van der Waals surface area contributed by atoms with Crippen LogP contribution in [0.3, 0.4) is 0 Å². The molecular weight excluding hydrogens is 532 g/mol. The van der Waals surface area contributed by atoms with Crippen molar-refractivity contribution in [2.45, 2.75) is 0 Å². The molecule has 0 aromatic carbocycles. The van der Waals surface area contributed by atoms with Gasteiger partial charge < -0.3 is 0 Å². The zero-order valence-electron chi connectivity index (χ0n) is 11.4. The SMILES string of the molecule is CN(C)C(=O)c1cc(C(=O)[N]([Rb])[RaH])nc2cccn12. The molecule has 0 aliphatic heterocycles. The Labute approximate surface area is 180 Å². The predicted molar refractivity (Wildman–Crippen MR) is 66.5 cm³/mol. The summed E-state index contributed by atoms with van der Waals surface area (Å²) in [6, 6.07) is 5.21. The van der Waals surface area contributed by atoms with Crippen LogP contribution in [0.25, 0.3) is 5.65 Å². The van der Waals surface area contributed by atoms with E-state index in [1.165, 1.54) is 4.90 Å². The summed E-state index contributed by atoms with van der Waals surface area (Å²) < 4.78 is 3.59. The molecule has 0 bridgehead atoms. The Morgan fingerprint density at radius 3 is 2.63 bits per heavy atom. The van der Waals surface area contributed by atoms with Crippen LogP contribution in [0.1, 0.15) is 21.0 Å². The molecule has 0 spiro atoms. The van der Waals surface area contributed by atoms with Gasteiger partial charge in [-0.15, -0.1) is 0 Å². The van der Waals surface area contributed by atoms with E-state index in [2.05, 4.69) is 4.98 Å². The third kappa shape index (κ3) is 3.57. The van der Waals surface area contributed by atoms with Crippen LogP contribution >= 0.6 is 0 Å². The molecule has 0 atom stereocenters. The third-order valence-electron chi connectivity index (χ3n) is 2.75. The van der Waals surface area contributed by atoms with E-state index in [-0.39, 0.29) is 111 Å². The van der Waals surface area contributed by atoms with Crippen molar-refractivity contribution in [3.8, 4) is 0 Å². The summed E-state index contributed by atoms with van der Waals surface area (Å²) >= 11 is 0.193. The van der Waals surface area contributed by atoms with E-state index in [0.717, 1.165) is 0 Å². The fourth-order valence-electron chi connectivity index (χ4n) is 1.75. The molecule has 2 aromatic heterocycles. The first kappa shape index (κ1) is 16.3. The second-order valence-electron chi connectivity index (χ2n) is 4.66. The van der Waals surface area contributed by atoms with Crippen molar-refractivity contribution in [2.24, 2.45) is 0 Å². The Hall–Kier alpha value is 0.903. The van der Waals surface area contributed by atoms with E-state index in [1.54, 1.807) is 36.8 Å². The van der Waals surface area contributed by atoms with Crippen LogP contribution in [0.2, 0.25) is 0 Å². The molecule has 90 valence electrons. The van der Waals surface area contributed by atoms with Gasteiger partial charge in [0.05, 0.1) is 0 Å². The Bertz CT molecular complexity index is 653. The second kappa shape index (κ2) is 6.78. The second-order valence-corrected chi connectivity index (χ2v) is 31.5. The van der Waals surface area contributed by atoms with Crippen LogP contribution in [0.4, 0.5) is 0 Å². The zero-order valence-corrected chi connectivity index (χ0v) is 24.6. The van der Waals surface area contributed by atoms with Gasteiger partial charge in [-0.1, -0.05) is 0 Å². The van der Waals surface area contributed by atoms with Crippen molar-refractivity contribution in [3.05, 3.63) is 35.8 Å². The maximum absolute atomic E-state index is 12.2. The first-order valence-electron chi connectivity index (χ1n) is 5.83. The minimum absolute atomic E-state index is 0.0183. The van der Waals surface area contributed by atoms with E-state index in [0.29, 0.717) is 17.0 Å². The number of amides is 2. The standard InChI is InChI=1S/C11H10N4O2.Ra.Rb.H/c1-14(2)11(17)8-6-7(10(12)16)13-9-4-3-5-15(8)9;;;/h3-6H,1-2H3;;;. The van der Waals surface area contributed by atoms with Gasteiger partial charge in [0.1, 0.15) is 0 Å². The van der Waals surface area contributed by atoms with Crippen LogP contribution in [0.15, 0.2) is 24.4 Å². The minimum atomic E-state index is -0.134. The fourth-order valence-corrected chi connectivity index (χ4v) is 3.26. The third-order valence-corrected chi connectivity index (χ3v) is 5.41. The van der Waals surface area contributed by atoms with Crippen LogP contribution in [0.5, 0.6) is 0 Å². The zero-order chi connectivity index (χ0) is 14.2. The van der Waals surface area contributed by atoms with Crippen molar-refractivity contribution < 1.29 is 52.8 Å². The Balaban J connectivity index is 2.64. The molecule has 0 aliphatic carbocycles. The first-order chi connectivity index (χ1) is 8.91. The van der Waals surface area contributed by atoms with E-state index in [4.69, 9.17) is 0 Å². The van der Waals surface area contributed by atoms with Crippen molar-refractivity contribution >= 4 is 73.5 Å². The number of fused-ring (bicyclic) bond motifs is 1. The number of hydrogen-bond donors (Lipinski definition) is 0. The van der Waals surface area contributed by atoms with Crippen LogP contribution in [-0.4, -0.2) is 90.4 Å². The summed E-state index contributed by atoms with van der Waals surface area (Å²) in [6.07, 6.45) is 1.78. The molecule has 2 aromatic rings. The first-order valence-corrected chi connectivity index (χ1v) is 11.7. The Morgan fingerprint density at radius 1 is 1.37 bits per heavy atom. The topological polar surface area (TPSA) is 57.9 Å². The molecule has 2 heterocycles. The summed E-state index contributed by atoms with van der Waals surface area (Å²) in [7, 11) is 3.39. The van der Waals surface area contributed by atoms with E-state index >= 15 is 0 Å². The van der Waals surface area contributed by atoms with E-state index in [1.807, 2.05) is 0.242 Å². The molecule has 0 fully saturated rings. The van der Waals surface area contributed by atoms with Gasteiger partial charge in [0.25, 0.3) is 0 Å². The van der Waals surface area contributed by atoms with Crippen molar-refractivity contribution in [1.29, 1.82) is 0 Å². The van der Waals surface area contributed by atoms with Gasteiger partial charge in [-0.3, -0.25) is 0 Å². The van der Waals surface area contributed by atoms with Gasteiger partial charge in [0.15, 0.2) is 0 Å². The number of rotatable bonds is 2. The number of carbonyl (C=O) groups excluding carboxylic acids is 2. The molecule has 0 saturated heterocycles. The van der Waals surface area contributed by atoms with Gasteiger partial charge in [-0.05, 0) is 0 Å². The molecule has 0 saturated carbocycles. The van der Waals surface area contributed by atoms with Crippen molar-refractivity contribution in [2.75, 3.05) is 14.1 Å². The molecular formula is C11H11N4O2RaRb. The molecule has 2 rings (SSSR count). The molecule has 0 aliphatic rings. The average molecular weight is 543 g/mol. The van der Waals surface area contributed by atoms with E-state index < -0.39 is 0 Å². The predicted octanol–water partition coefficient (Wildman–Crippen LogP) is -0.242. The van der Waals surface area contributed by atoms with Gasteiger partial charge in [0.2, 0.25) is 0 Å². The molecule has 8 heteroatoms. The normalized spacial score (nSPS) is 10.5. The van der Waals surface area contributed by atoms with Crippen molar-refractivity contribution in [1.82, 2.24) is 8.46 Å². The molecule has 0 radical (unpaired) electrons. The summed E-state index contributed by atoms with van der Waals surface area (Å²) in [5.74, 6) is -0.164. The molecule has 19 heavy (non-hydrogen) atoms. The van der Waals surface area contributed by atoms with Crippen LogP contribution in [-0.2, 0) is 0 Å². The quantitative estimate of drug-likeness (QED) is 0.527. The fraction of sp³-hybridized carbons (Fsp3) is 0.182. The average Bonchev–Trinajstić information content (AvgIpc) is 2.83. The monoisotopic (exact) mass is 542 g/mol. The summed E-state index contributed by atoms with van der Waals surface area (Å²) in [5.41, 5.74) is 1.48. The Kier molecular flexibility index (Phi) is 5.80. The summed E-state index contributed by atoms with van der Waals surface area (Å²) in [5, 5.41) is 0. The number of hydrogen-bond acceptors (Lipinski definition) is 3. The van der Waals surface area contributed by atoms with Crippen molar-refractivity contribution in [3.63, 3.8) is 0 Å². The molecule has 0 N–H and O–H groups in total. The van der Waals surface area contributed by atoms with Gasteiger partial charge >= 0.3 is 185 Å². The Morgan fingerprint density at radius 2 is 2.05 bits per heavy atom. The molecule has 2 amide bonds. The number of aromatic nitrogens is 2. The van der Waals surface area contributed by atoms with E-state index in [9.17, 15) is 9.59 Å². The summed E-state index contributed by atoms with van der Waals surface area (Å²) in [4.78, 5) is 30.1. The van der Waals surface area contributed by atoms with Crippen LogP contribution < -0.4 is 0 Å². The van der Waals surface area contributed by atoms with Crippen LogP contribution in [0, 0.1) is 43.2 Å². The number of carbonyl (C=O) groups is 2. The number of nitrogens with zero attached hydrogens (tertiary/aromatic N) is 4. The molecule has 0 unspecified atom stereocenters. The summed E-state index contributed by atoms with van der Waals surface area (Å²) in [6.45, 7) is 0.